The Morgan fingerprint density at radius 3 is 2.73 bits per heavy atom. The third kappa shape index (κ3) is 2.23. The van der Waals surface area contributed by atoms with Crippen LogP contribution >= 0.6 is 15.9 Å². The van der Waals surface area contributed by atoms with Gasteiger partial charge in [0.25, 0.3) is 0 Å². The second-order valence-electron chi connectivity index (χ2n) is 3.46. The molecule has 0 bridgehead atoms. The third-order valence-electron chi connectivity index (χ3n) is 2.19. The van der Waals surface area contributed by atoms with Gasteiger partial charge in [0.15, 0.2) is 0 Å². The van der Waals surface area contributed by atoms with Crippen LogP contribution in [0.25, 0.3) is 11.3 Å². The van der Waals surface area contributed by atoms with Gasteiger partial charge in [0.1, 0.15) is 5.82 Å². The van der Waals surface area contributed by atoms with Crippen molar-refractivity contribution < 1.29 is 0 Å². The molecule has 0 spiro atoms. The van der Waals surface area contributed by atoms with Crippen LogP contribution in [0.5, 0.6) is 0 Å². The molecule has 0 saturated heterocycles. The van der Waals surface area contributed by atoms with Crippen molar-refractivity contribution in [3.8, 4) is 11.3 Å². The van der Waals surface area contributed by atoms with Crippen LogP contribution < -0.4 is 0 Å². The molecule has 76 valence electrons. The predicted octanol–water partition coefficient (Wildman–Crippen LogP) is 3.52. The van der Waals surface area contributed by atoms with Gasteiger partial charge in [-0.1, -0.05) is 28.1 Å². The van der Waals surface area contributed by atoms with E-state index in [1.165, 1.54) is 0 Å². The molecule has 15 heavy (non-hydrogen) atoms. The predicted molar refractivity (Wildman–Crippen MR) is 64.6 cm³/mol. The molecule has 1 aromatic carbocycles. The van der Waals surface area contributed by atoms with Gasteiger partial charge in [0.05, 0.1) is 5.69 Å². The molecule has 0 atom stereocenters. The highest BCUT2D eigenvalue weighted by Crippen LogP contribution is 2.23. The van der Waals surface area contributed by atoms with E-state index in [-0.39, 0.29) is 0 Å². The first-order valence-corrected chi connectivity index (χ1v) is 5.52. The zero-order valence-corrected chi connectivity index (χ0v) is 10.2. The molecule has 0 saturated carbocycles. The first-order valence-electron chi connectivity index (χ1n) is 4.73. The summed E-state index contributed by atoms with van der Waals surface area (Å²) in [6.07, 6.45) is 1.86. The Hall–Kier alpha value is -1.22. The summed E-state index contributed by atoms with van der Waals surface area (Å²) in [5, 5.41) is 0. The molecule has 0 fully saturated rings. The maximum atomic E-state index is 4.45. The zero-order chi connectivity index (χ0) is 10.8. The molecule has 1 aromatic heterocycles. The minimum atomic E-state index is 0.801. The van der Waals surface area contributed by atoms with Crippen molar-refractivity contribution in [3.05, 3.63) is 46.3 Å². The van der Waals surface area contributed by atoms with Crippen LogP contribution in [0.2, 0.25) is 0 Å². The molecule has 2 rings (SSSR count). The summed E-state index contributed by atoms with van der Waals surface area (Å²) >= 11 is 3.46. The Balaban J connectivity index is 2.58. The zero-order valence-electron chi connectivity index (χ0n) is 8.66. The van der Waals surface area contributed by atoms with Crippen molar-refractivity contribution in [1.82, 2.24) is 9.97 Å². The maximum Gasteiger partial charge on any atom is 0.125 e. The van der Waals surface area contributed by atoms with Crippen LogP contribution in [0.1, 0.15) is 11.4 Å². The molecule has 0 N–H and O–H groups in total. The monoisotopic (exact) mass is 262 g/mol. The molecule has 0 aliphatic rings. The highest BCUT2D eigenvalue weighted by atomic mass is 79.9. The van der Waals surface area contributed by atoms with Crippen molar-refractivity contribution in [3.63, 3.8) is 0 Å². The minimum absolute atomic E-state index is 0.801. The highest BCUT2D eigenvalue weighted by molar-refractivity contribution is 9.10. The van der Waals surface area contributed by atoms with Gasteiger partial charge in [-0.05, 0) is 31.5 Å². The Kier molecular flexibility index (Phi) is 2.82. The maximum absolute atomic E-state index is 4.45. The molecule has 3 heteroatoms. The lowest BCUT2D eigenvalue weighted by atomic mass is 10.1. The molecule has 1 heterocycles. The second-order valence-corrected chi connectivity index (χ2v) is 4.37. The Morgan fingerprint density at radius 2 is 2.00 bits per heavy atom. The number of rotatable bonds is 1. The van der Waals surface area contributed by atoms with Gasteiger partial charge >= 0.3 is 0 Å². The lowest BCUT2D eigenvalue weighted by Gasteiger charge is -2.05. The number of aromatic nitrogens is 2. The molecule has 0 unspecified atom stereocenters. The van der Waals surface area contributed by atoms with E-state index in [1.54, 1.807) is 0 Å². The molecular weight excluding hydrogens is 252 g/mol. The van der Waals surface area contributed by atoms with Crippen molar-refractivity contribution in [2.75, 3.05) is 0 Å². The molecule has 0 amide bonds. The lowest BCUT2D eigenvalue weighted by Crippen LogP contribution is -1.94. The van der Waals surface area contributed by atoms with E-state index in [4.69, 9.17) is 0 Å². The number of nitrogens with zero attached hydrogens (tertiary/aromatic N) is 2. The SMILES string of the molecule is Cc1ncc(C)c(-c2cccc(Br)c2)n1. The summed E-state index contributed by atoms with van der Waals surface area (Å²) in [6.45, 7) is 3.93. The normalized spacial score (nSPS) is 10.3. The van der Waals surface area contributed by atoms with Gasteiger partial charge < -0.3 is 0 Å². The Labute approximate surface area is 97.5 Å². The first-order chi connectivity index (χ1) is 7.16. The molecule has 0 aliphatic heterocycles. The fourth-order valence-electron chi connectivity index (χ4n) is 1.46. The average Bonchev–Trinajstić information content (AvgIpc) is 2.22. The fourth-order valence-corrected chi connectivity index (χ4v) is 1.86. The largest absolute Gasteiger partial charge is 0.241 e. The number of aryl methyl sites for hydroxylation is 2. The van der Waals surface area contributed by atoms with Gasteiger partial charge in [-0.2, -0.15) is 0 Å². The number of benzene rings is 1. The number of halogens is 1. The summed E-state index contributed by atoms with van der Waals surface area (Å²) in [7, 11) is 0. The summed E-state index contributed by atoms with van der Waals surface area (Å²) in [5.74, 6) is 0.801. The van der Waals surface area contributed by atoms with Crippen LogP contribution in [0, 0.1) is 13.8 Å². The van der Waals surface area contributed by atoms with E-state index in [2.05, 4.69) is 38.0 Å². The summed E-state index contributed by atoms with van der Waals surface area (Å²) in [5.41, 5.74) is 3.22. The van der Waals surface area contributed by atoms with Crippen molar-refractivity contribution in [1.29, 1.82) is 0 Å². The van der Waals surface area contributed by atoms with Crippen LogP contribution in [0.3, 0.4) is 0 Å². The standard InChI is InChI=1S/C12H11BrN2/c1-8-7-14-9(2)15-12(8)10-4-3-5-11(13)6-10/h3-7H,1-2H3. The summed E-state index contributed by atoms with van der Waals surface area (Å²) in [6, 6.07) is 8.14. The van der Waals surface area contributed by atoms with E-state index in [1.807, 2.05) is 32.2 Å². The molecule has 2 aromatic rings. The lowest BCUT2D eigenvalue weighted by molar-refractivity contribution is 1.04. The van der Waals surface area contributed by atoms with E-state index >= 15 is 0 Å². The first kappa shape index (κ1) is 10.3. The van der Waals surface area contributed by atoms with Crippen LogP contribution in [0.4, 0.5) is 0 Å². The number of hydrogen-bond donors (Lipinski definition) is 0. The van der Waals surface area contributed by atoms with Crippen molar-refractivity contribution in [2.24, 2.45) is 0 Å². The second kappa shape index (κ2) is 4.11. The van der Waals surface area contributed by atoms with E-state index in [0.29, 0.717) is 0 Å². The van der Waals surface area contributed by atoms with Crippen LogP contribution in [-0.4, -0.2) is 9.97 Å². The number of hydrogen-bond acceptors (Lipinski definition) is 2. The van der Waals surface area contributed by atoms with Gasteiger partial charge in [0, 0.05) is 16.2 Å². The highest BCUT2D eigenvalue weighted by Gasteiger charge is 2.04. The summed E-state index contributed by atoms with van der Waals surface area (Å²) in [4.78, 5) is 8.62. The van der Waals surface area contributed by atoms with Crippen molar-refractivity contribution in [2.45, 2.75) is 13.8 Å². The molecule has 0 radical (unpaired) electrons. The fraction of sp³-hybridized carbons (Fsp3) is 0.167. The van der Waals surface area contributed by atoms with E-state index in [0.717, 1.165) is 27.1 Å². The smallest absolute Gasteiger partial charge is 0.125 e. The van der Waals surface area contributed by atoms with Crippen molar-refractivity contribution >= 4 is 15.9 Å². The Bertz CT molecular complexity index is 495. The molecule has 2 nitrogen and oxygen atoms in total. The van der Waals surface area contributed by atoms with Gasteiger partial charge in [-0.3, -0.25) is 0 Å². The quantitative estimate of drug-likeness (QED) is 0.786. The van der Waals surface area contributed by atoms with E-state index in [9.17, 15) is 0 Å². The molecule has 0 aliphatic carbocycles. The average molecular weight is 263 g/mol. The van der Waals surface area contributed by atoms with Crippen LogP contribution in [0.15, 0.2) is 34.9 Å². The topological polar surface area (TPSA) is 25.8 Å². The van der Waals surface area contributed by atoms with Crippen LogP contribution in [-0.2, 0) is 0 Å². The third-order valence-corrected chi connectivity index (χ3v) is 2.68. The summed E-state index contributed by atoms with van der Waals surface area (Å²) < 4.78 is 1.07. The van der Waals surface area contributed by atoms with Gasteiger partial charge in [-0.15, -0.1) is 0 Å². The van der Waals surface area contributed by atoms with E-state index < -0.39 is 0 Å². The minimum Gasteiger partial charge on any atom is -0.241 e. The van der Waals surface area contributed by atoms with Gasteiger partial charge in [-0.25, -0.2) is 9.97 Å². The molecular formula is C12H11BrN2. The Morgan fingerprint density at radius 1 is 1.20 bits per heavy atom. The van der Waals surface area contributed by atoms with Gasteiger partial charge in [0.2, 0.25) is 0 Å².